The predicted octanol–water partition coefficient (Wildman–Crippen LogP) is 5.54. The van der Waals surface area contributed by atoms with Gasteiger partial charge in [0.15, 0.2) is 0 Å². The summed E-state index contributed by atoms with van der Waals surface area (Å²) in [6.07, 6.45) is 2.94. The SMILES string of the molecule is CC(C)(C)OC(=O)NC[C@H](N=C(c1ccccc1)c1ccccc1)c1ccc(C(=O)N2CCN(c3ncccn3)CC2)cc1. The molecule has 1 aliphatic rings. The van der Waals surface area contributed by atoms with Crippen molar-refractivity contribution in [3.63, 3.8) is 0 Å². The number of hydrogen-bond donors (Lipinski definition) is 1. The summed E-state index contributed by atoms with van der Waals surface area (Å²) in [6.45, 7) is 8.22. The molecule has 3 aromatic carbocycles. The molecule has 2 amide bonds. The van der Waals surface area contributed by atoms with Crippen molar-refractivity contribution < 1.29 is 14.3 Å². The molecule has 0 aliphatic carbocycles. The topological polar surface area (TPSA) is 100 Å². The molecule has 0 saturated carbocycles. The normalized spacial score (nSPS) is 14.0. The summed E-state index contributed by atoms with van der Waals surface area (Å²) in [5, 5.41) is 2.89. The number of aliphatic imine (C=N–C) groups is 1. The minimum absolute atomic E-state index is 0.0219. The summed E-state index contributed by atoms with van der Waals surface area (Å²) in [6, 6.07) is 28.8. The van der Waals surface area contributed by atoms with Crippen LogP contribution in [-0.2, 0) is 4.74 Å². The van der Waals surface area contributed by atoms with Crippen molar-refractivity contribution in [2.24, 2.45) is 4.99 Å². The van der Waals surface area contributed by atoms with Crippen LogP contribution in [0.1, 0.15) is 53.9 Å². The summed E-state index contributed by atoms with van der Waals surface area (Å²) < 4.78 is 5.49. The Kier molecular flexibility index (Phi) is 9.64. The molecule has 0 radical (unpaired) electrons. The van der Waals surface area contributed by atoms with E-state index in [-0.39, 0.29) is 12.5 Å². The maximum atomic E-state index is 13.4. The number of anilines is 1. The van der Waals surface area contributed by atoms with Crippen molar-refractivity contribution in [1.82, 2.24) is 20.2 Å². The van der Waals surface area contributed by atoms with Crippen LogP contribution in [0, 0.1) is 0 Å². The number of nitrogens with one attached hydrogen (secondary N) is 1. The number of piperazine rings is 1. The minimum Gasteiger partial charge on any atom is -0.444 e. The fourth-order valence-electron chi connectivity index (χ4n) is 4.99. The van der Waals surface area contributed by atoms with Crippen molar-refractivity contribution in [2.45, 2.75) is 32.4 Å². The Balaban J connectivity index is 1.37. The largest absolute Gasteiger partial charge is 0.444 e. The van der Waals surface area contributed by atoms with Gasteiger partial charge in [0.05, 0.1) is 11.8 Å². The van der Waals surface area contributed by atoms with E-state index in [0.29, 0.717) is 37.7 Å². The van der Waals surface area contributed by atoms with Gasteiger partial charge >= 0.3 is 6.09 Å². The molecule has 0 bridgehead atoms. The minimum atomic E-state index is -0.621. The summed E-state index contributed by atoms with van der Waals surface area (Å²) in [5.74, 6) is 0.660. The van der Waals surface area contributed by atoms with Gasteiger partial charge in [-0.3, -0.25) is 9.79 Å². The Labute approximate surface area is 258 Å². The molecule has 1 atom stereocenters. The van der Waals surface area contributed by atoms with Crippen LogP contribution in [-0.4, -0.2) is 70.9 Å². The van der Waals surface area contributed by atoms with Crippen LogP contribution in [0.3, 0.4) is 0 Å². The van der Waals surface area contributed by atoms with Crippen molar-refractivity contribution in [2.75, 3.05) is 37.6 Å². The molecule has 226 valence electrons. The average molecular weight is 591 g/mol. The Hall–Kier alpha value is -5.05. The van der Waals surface area contributed by atoms with E-state index in [2.05, 4.69) is 20.2 Å². The second-order valence-electron chi connectivity index (χ2n) is 11.6. The first-order chi connectivity index (χ1) is 21.3. The number of carbonyl (C=O) groups excluding carboxylic acids is 2. The number of nitrogens with zero attached hydrogens (tertiary/aromatic N) is 5. The molecule has 1 saturated heterocycles. The van der Waals surface area contributed by atoms with Crippen molar-refractivity contribution >= 4 is 23.7 Å². The highest BCUT2D eigenvalue weighted by atomic mass is 16.6. The van der Waals surface area contributed by atoms with E-state index in [4.69, 9.17) is 9.73 Å². The lowest BCUT2D eigenvalue weighted by Crippen LogP contribution is -2.49. The van der Waals surface area contributed by atoms with Crippen molar-refractivity contribution in [3.05, 3.63) is 126 Å². The highest BCUT2D eigenvalue weighted by Gasteiger charge is 2.24. The zero-order valence-corrected chi connectivity index (χ0v) is 25.4. The van der Waals surface area contributed by atoms with Gasteiger partial charge in [-0.15, -0.1) is 0 Å². The third kappa shape index (κ3) is 8.06. The van der Waals surface area contributed by atoms with Gasteiger partial charge in [0.1, 0.15) is 5.60 Å². The number of benzene rings is 3. The molecule has 0 spiro atoms. The van der Waals surface area contributed by atoms with Gasteiger partial charge in [0.2, 0.25) is 5.95 Å². The summed E-state index contributed by atoms with van der Waals surface area (Å²) >= 11 is 0. The standard InChI is InChI=1S/C35H38N6O3/c1-35(2,3)44-34(43)38-25-30(39-31(27-11-6-4-7-12-27)28-13-8-5-9-14-28)26-15-17-29(18-16-26)32(42)40-21-23-41(24-22-40)33-36-19-10-20-37-33/h4-20,30H,21-25H2,1-3H3,(H,38,43)/t30-/m0/s1. The van der Waals surface area contributed by atoms with E-state index < -0.39 is 17.7 Å². The van der Waals surface area contributed by atoms with Crippen LogP contribution >= 0.6 is 0 Å². The lowest BCUT2D eigenvalue weighted by atomic mass is 10.00. The quantitative estimate of drug-likeness (QED) is 0.271. The molecule has 9 heteroatoms. The first kappa shape index (κ1) is 30.4. The van der Waals surface area contributed by atoms with Crippen LogP contribution in [0.25, 0.3) is 0 Å². The zero-order valence-electron chi connectivity index (χ0n) is 25.4. The monoisotopic (exact) mass is 590 g/mol. The fourth-order valence-corrected chi connectivity index (χ4v) is 4.99. The lowest BCUT2D eigenvalue weighted by Gasteiger charge is -2.34. The van der Waals surface area contributed by atoms with E-state index in [1.165, 1.54) is 0 Å². The number of alkyl carbamates (subject to hydrolysis) is 1. The van der Waals surface area contributed by atoms with E-state index in [0.717, 1.165) is 22.4 Å². The van der Waals surface area contributed by atoms with Crippen LogP contribution in [0.2, 0.25) is 0 Å². The van der Waals surface area contributed by atoms with E-state index in [1.807, 2.05) is 111 Å². The van der Waals surface area contributed by atoms with Crippen molar-refractivity contribution in [1.29, 1.82) is 0 Å². The van der Waals surface area contributed by atoms with Crippen LogP contribution in [0.4, 0.5) is 10.7 Å². The fraction of sp³-hybridized carbons (Fsp3) is 0.286. The first-order valence-electron chi connectivity index (χ1n) is 14.8. The Morgan fingerprint density at radius 2 is 1.36 bits per heavy atom. The molecule has 5 rings (SSSR count). The smallest absolute Gasteiger partial charge is 0.407 e. The highest BCUT2D eigenvalue weighted by molar-refractivity contribution is 6.13. The number of amides is 2. The van der Waals surface area contributed by atoms with Gasteiger partial charge in [-0.2, -0.15) is 0 Å². The number of hydrogen-bond acceptors (Lipinski definition) is 7. The third-order valence-corrected chi connectivity index (χ3v) is 7.16. The molecule has 0 unspecified atom stereocenters. The number of rotatable bonds is 8. The zero-order chi connectivity index (χ0) is 30.9. The number of aromatic nitrogens is 2. The second kappa shape index (κ2) is 13.9. The Morgan fingerprint density at radius 1 is 0.795 bits per heavy atom. The third-order valence-electron chi connectivity index (χ3n) is 7.16. The number of carbonyl (C=O) groups is 2. The van der Waals surface area contributed by atoms with Gasteiger partial charge in [-0.1, -0.05) is 72.8 Å². The average Bonchev–Trinajstić information content (AvgIpc) is 3.05. The maximum Gasteiger partial charge on any atom is 0.407 e. The molecule has 44 heavy (non-hydrogen) atoms. The molecular formula is C35H38N6O3. The van der Waals surface area contributed by atoms with Crippen molar-refractivity contribution in [3.8, 4) is 0 Å². The molecule has 1 aliphatic heterocycles. The number of ether oxygens (including phenoxy) is 1. The first-order valence-corrected chi connectivity index (χ1v) is 14.8. The molecule has 9 nitrogen and oxygen atoms in total. The van der Waals surface area contributed by atoms with Crippen LogP contribution in [0.15, 0.2) is 108 Å². The summed E-state index contributed by atoms with van der Waals surface area (Å²) in [7, 11) is 0. The van der Waals surface area contributed by atoms with Crippen LogP contribution in [0.5, 0.6) is 0 Å². The van der Waals surface area contributed by atoms with Gasteiger partial charge < -0.3 is 19.9 Å². The molecule has 1 aromatic heterocycles. The van der Waals surface area contributed by atoms with E-state index >= 15 is 0 Å². The molecule has 1 fully saturated rings. The molecule has 1 N–H and O–H groups in total. The second-order valence-corrected chi connectivity index (χ2v) is 11.6. The van der Waals surface area contributed by atoms with E-state index in [9.17, 15) is 9.59 Å². The highest BCUT2D eigenvalue weighted by Crippen LogP contribution is 2.23. The van der Waals surface area contributed by atoms with Gasteiger partial charge in [-0.25, -0.2) is 14.8 Å². The predicted molar refractivity (Wildman–Crippen MR) is 172 cm³/mol. The van der Waals surface area contributed by atoms with Gasteiger partial charge in [0, 0.05) is 61.8 Å². The summed E-state index contributed by atoms with van der Waals surface area (Å²) in [5.41, 5.74) is 3.59. The molecule has 4 aromatic rings. The maximum absolute atomic E-state index is 13.4. The van der Waals surface area contributed by atoms with Crippen LogP contribution < -0.4 is 10.2 Å². The summed E-state index contributed by atoms with van der Waals surface area (Å²) in [4.78, 5) is 43.8. The Bertz CT molecular complexity index is 1510. The molecule has 2 heterocycles. The van der Waals surface area contributed by atoms with Gasteiger partial charge in [0.25, 0.3) is 5.91 Å². The van der Waals surface area contributed by atoms with E-state index in [1.54, 1.807) is 18.5 Å². The Morgan fingerprint density at radius 3 is 1.91 bits per heavy atom. The lowest BCUT2D eigenvalue weighted by molar-refractivity contribution is 0.0524. The molecular weight excluding hydrogens is 552 g/mol. The van der Waals surface area contributed by atoms with Gasteiger partial charge in [-0.05, 0) is 44.5 Å².